The van der Waals surface area contributed by atoms with E-state index < -0.39 is 5.92 Å². The number of halogens is 1. The van der Waals surface area contributed by atoms with Crippen LogP contribution in [0.1, 0.15) is 19.3 Å². The van der Waals surface area contributed by atoms with Gasteiger partial charge in [-0.15, -0.1) is 5.10 Å². The van der Waals surface area contributed by atoms with E-state index in [-0.39, 0.29) is 30.6 Å². The number of carbonyl (C=O) groups excluding carboxylic acids is 2. The fraction of sp³-hybridized carbons (Fsp3) is 0.280. The molecule has 2 N–H and O–H groups in total. The lowest BCUT2D eigenvalue weighted by atomic mass is 10.1. The summed E-state index contributed by atoms with van der Waals surface area (Å²) in [4.78, 5) is 28.9. The van der Waals surface area contributed by atoms with E-state index >= 15 is 0 Å². The SMILES string of the molecule is O=C(Nc1ccc(Nc2cc(N3CCCC3)cnn2)cc1)C1CC(=O)N(c2ccc(F)cc2)C1. The Balaban J connectivity index is 1.18. The maximum atomic E-state index is 13.2. The zero-order valence-corrected chi connectivity index (χ0v) is 18.6. The number of amides is 2. The van der Waals surface area contributed by atoms with Crippen LogP contribution in [0.2, 0.25) is 0 Å². The highest BCUT2D eigenvalue weighted by atomic mass is 19.1. The molecule has 1 unspecified atom stereocenters. The molecule has 0 bridgehead atoms. The lowest BCUT2D eigenvalue weighted by molar-refractivity contribution is -0.122. The first kappa shape index (κ1) is 21.8. The minimum Gasteiger partial charge on any atom is -0.370 e. The van der Waals surface area contributed by atoms with Gasteiger partial charge in [-0.05, 0) is 61.4 Å². The van der Waals surface area contributed by atoms with Gasteiger partial charge in [0.15, 0.2) is 5.82 Å². The zero-order valence-electron chi connectivity index (χ0n) is 18.6. The van der Waals surface area contributed by atoms with Gasteiger partial charge < -0.3 is 20.4 Å². The van der Waals surface area contributed by atoms with Gasteiger partial charge in [-0.3, -0.25) is 9.59 Å². The number of rotatable bonds is 6. The van der Waals surface area contributed by atoms with Gasteiger partial charge in [-0.2, -0.15) is 5.10 Å². The summed E-state index contributed by atoms with van der Waals surface area (Å²) in [6, 6.07) is 15.0. The maximum absolute atomic E-state index is 13.2. The average molecular weight is 461 g/mol. The molecule has 0 aliphatic carbocycles. The predicted molar refractivity (Wildman–Crippen MR) is 129 cm³/mol. The molecule has 2 aromatic carbocycles. The second-order valence-electron chi connectivity index (χ2n) is 8.57. The third kappa shape index (κ3) is 4.83. The monoisotopic (exact) mass is 460 g/mol. The standard InChI is InChI=1S/C25H25FN6O2/c26-18-3-9-21(10-4-18)32-16-17(13-24(32)33)25(34)29-20-7-5-19(6-8-20)28-23-14-22(15-27-30-23)31-11-1-2-12-31/h3-10,14-15,17H,1-2,11-13,16H2,(H,28,30)(H,29,34). The van der Waals surface area contributed by atoms with Crippen LogP contribution in [0.4, 0.5) is 33.0 Å². The third-order valence-corrected chi connectivity index (χ3v) is 6.17. The lowest BCUT2D eigenvalue weighted by Gasteiger charge is -2.17. The molecular weight excluding hydrogens is 435 g/mol. The summed E-state index contributed by atoms with van der Waals surface area (Å²) < 4.78 is 13.2. The Hall–Kier alpha value is -4.01. The van der Waals surface area contributed by atoms with Crippen molar-refractivity contribution >= 4 is 40.4 Å². The summed E-state index contributed by atoms with van der Waals surface area (Å²) in [5.74, 6) is -0.550. The Kier molecular flexibility index (Phi) is 6.07. The molecule has 3 heterocycles. The van der Waals surface area contributed by atoms with Crippen molar-refractivity contribution in [2.24, 2.45) is 5.92 Å². The van der Waals surface area contributed by atoms with Gasteiger partial charge in [0.25, 0.3) is 0 Å². The number of nitrogens with one attached hydrogen (secondary N) is 2. The number of anilines is 5. The quantitative estimate of drug-likeness (QED) is 0.579. The minimum atomic E-state index is -0.473. The number of hydrogen-bond acceptors (Lipinski definition) is 6. The lowest BCUT2D eigenvalue weighted by Crippen LogP contribution is -2.28. The summed E-state index contributed by atoms with van der Waals surface area (Å²) in [6.45, 7) is 2.34. The first-order valence-corrected chi connectivity index (χ1v) is 11.4. The predicted octanol–water partition coefficient (Wildman–Crippen LogP) is 3.95. The molecule has 2 saturated heterocycles. The third-order valence-electron chi connectivity index (χ3n) is 6.17. The molecule has 2 aliphatic heterocycles. The van der Waals surface area contributed by atoms with E-state index in [9.17, 15) is 14.0 Å². The van der Waals surface area contributed by atoms with Crippen LogP contribution in [0.5, 0.6) is 0 Å². The van der Waals surface area contributed by atoms with E-state index in [1.54, 1.807) is 30.5 Å². The van der Waals surface area contributed by atoms with Crippen molar-refractivity contribution in [3.63, 3.8) is 0 Å². The average Bonchev–Trinajstić information content (AvgIpc) is 3.52. The van der Waals surface area contributed by atoms with Gasteiger partial charge in [-0.25, -0.2) is 4.39 Å². The molecular formula is C25H25FN6O2. The van der Waals surface area contributed by atoms with Gasteiger partial charge in [-0.1, -0.05) is 0 Å². The highest BCUT2D eigenvalue weighted by Gasteiger charge is 2.35. The van der Waals surface area contributed by atoms with Crippen LogP contribution in [-0.4, -0.2) is 41.6 Å². The highest BCUT2D eigenvalue weighted by Crippen LogP contribution is 2.27. The molecule has 2 fully saturated rings. The number of benzene rings is 2. The largest absolute Gasteiger partial charge is 0.370 e. The molecule has 0 saturated carbocycles. The van der Waals surface area contributed by atoms with E-state index in [1.165, 1.54) is 29.9 Å². The molecule has 0 spiro atoms. The van der Waals surface area contributed by atoms with Gasteiger partial charge >= 0.3 is 0 Å². The van der Waals surface area contributed by atoms with Crippen LogP contribution < -0.4 is 20.4 Å². The molecule has 2 amide bonds. The summed E-state index contributed by atoms with van der Waals surface area (Å²) in [5.41, 5.74) is 3.11. The fourth-order valence-corrected chi connectivity index (χ4v) is 4.35. The summed E-state index contributed by atoms with van der Waals surface area (Å²) in [7, 11) is 0. The van der Waals surface area contributed by atoms with Crippen molar-refractivity contribution in [2.45, 2.75) is 19.3 Å². The topological polar surface area (TPSA) is 90.5 Å². The number of aromatic nitrogens is 2. The van der Waals surface area contributed by atoms with Crippen LogP contribution in [0.15, 0.2) is 60.8 Å². The summed E-state index contributed by atoms with van der Waals surface area (Å²) in [6.07, 6.45) is 4.28. The zero-order chi connectivity index (χ0) is 23.5. The van der Waals surface area contributed by atoms with Crippen LogP contribution >= 0.6 is 0 Å². The smallest absolute Gasteiger partial charge is 0.229 e. The van der Waals surface area contributed by atoms with Crippen molar-refractivity contribution in [3.8, 4) is 0 Å². The van der Waals surface area contributed by atoms with Crippen LogP contribution in [0.25, 0.3) is 0 Å². The molecule has 9 heteroatoms. The van der Waals surface area contributed by atoms with E-state index in [0.717, 1.165) is 24.5 Å². The van der Waals surface area contributed by atoms with Crippen molar-refractivity contribution in [1.29, 1.82) is 0 Å². The number of carbonyl (C=O) groups is 2. The van der Waals surface area contributed by atoms with Crippen molar-refractivity contribution < 1.29 is 14.0 Å². The number of nitrogens with zero attached hydrogens (tertiary/aromatic N) is 4. The normalized spacial score (nSPS) is 17.8. The highest BCUT2D eigenvalue weighted by molar-refractivity contribution is 6.03. The second-order valence-corrected chi connectivity index (χ2v) is 8.57. The van der Waals surface area contributed by atoms with Crippen LogP contribution in [0.3, 0.4) is 0 Å². The first-order valence-electron chi connectivity index (χ1n) is 11.4. The van der Waals surface area contributed by atoms with Gasteiger partial charge in [0.05, 0.1) is 17.8 Å². The van der Waals surface area contributed by atoms with Crippen molar-refractivity contribution in [2.75, 3.05) is 40.1 Å². The van der Waals surface area contributed by atoms with Crippen molar-refractivity contribution in [3.05, 3.63) is 66.6 Å². The second kappa shape index (κ2) is 9.46. The molecule has 34 heavy (non-hydrogen) atoms. The Morgan fingerprint density at radius 3 is 2.41 bits per heavy atom. The Bertz CT molecular complexity index is 1180. The molecule has 174 valence electrons. The molecule has 2 aliphatic rings. The Morgan fingerprint density at radius 2 is 1.68 bits per heavy atom. The van der Waals surface area contributed by atoms with Crippen LogP contribution in [-0.2, 0) is 9.59 Å². The van der Waals surface area contributed by atoms with Gasteiger partial charge in [0.2, 0.25) is 11.8 Å². The summed E-state index contributed by atoms with van der Waals surface area (Å²) >= 11 is 0. The molecule has 1 aromatic heterocycles. The van der Waals surface area contributed by atoms with Crippen LogP contribution in [0, 0.1) is 11.7 Å². The molecule has 0 radical (unpaired) electrons. The number of hydrogen-bond donors (Lipinski definition) is 2. The summed E-state index contributed by atoms with van der Waals surface area (Å²) in [5, 5.41) is 14.4. The van der Waals surface area contributed by atoms with Gasteiger partial charge in [0, 0.05) is 49.2 Å². The molecule has 8 nitrogen and oxygen atoms in total. The Labute approximate surface area is 196 Å². The van der Waals surface area contributed by atoms with E-state index in [0.29, 0.717) is 17.2 Å². The maximum Gasteiger partial charge on any atom is 0.229 e. The fourth-order valence-electron chi connectivity index (χ4n) is 4.35. The molecule has 5 rings (SSSR count). The van der Waals surface area contributed by atoms with E-state index in [1.807, 2.05) is 18.2 Å². The van der Waals surface area contributed by atoms with E-state index in [2.05, 4.69) is 25.7 Å². The minimum absolute atomic E-state index is 0.120. The van der Waals surface area contributed by atoms with E-state index in [4.69, 9.17) is 0 Å². The first-order chi connectivity index (χ1) is 16.5. The molecule has 1 atom stereocenters. The van der Waals surface area contributed by atoms with Gasteiger partial charge in [0.1, 0.15) is 5.82 Å². The van der Waals surface area contributed by atoms with Crippen molar-refractivity contribution in [1.82, 2.24) is 10.2 Å². The molecule has 3 aromatic rings. The Morgan fingerprint density at radius 1 is 0.971 bits per heavy atom.